The normalized spacial score (nSPS) is 13.2. The average molecular weight is 276 g/mol. The van der Waals surface area contributed by atoms with E-state index in [4.69, 9.17) is 17.4 Å². The van der Waals surface area contributed by atoms with E-state index in [-0.39, 0.29) is 0 Å². The summed E-state index contributed by atoms with van der Waals surface area (Å²) in [6, 6.07) is 6.34. The van der Waals surface area contributed by atoms with Crippen molar-refractivity contribution in [3.8, 4) is 0 Å². The van der Waals surface area contributed by atoms with Gasteiger partial charge in [0.05, 0.1) is 6.20 Å². The Kier molecular flexibility index (Phi) is 3.23. The van der Waals surface area contributed by atoms with Crippen LogP contribution in [0.25, 0.3) is 0 Å². The standard InChI is InChI=1S/C13H14ClN5/c14-11-7-16-13(19-15)18-12(11)17-10-5-4-8-2-1-3-9(8)6-10/h4-7H,1-3,15H2,(H2,16,17,18,19). The van der Waals surface area contributed by atoms with Gasteiger partial charge in [0.2, 0.25) is 5.95 Å². The fourth-order valence-corrected chi connectivity index (χ4v) is 2.45. The lowest BCUT2D eigenvalue weighted by Gasteiger charge is -2.10. The summed E-state index contributed by atoms with van der Waals surface area (Å²) < 4.78 is 0. The van der Waals surface area contributed by atoms with Crippen LogP contribution in [0.4, 0.5) is 17.5 Å². The number of nitrogens with zero attached hydrogens (tertiary/aromatic N) is 2. The first-order chi connectivity index (χ1) is 9.26. The van der Waals surface area contributed by atoms with Gasteiger partial charge in [-0.25, -0.2) is 10.8 Å². The van der Waals surface area contributed by atoms with Gasteiger partial charge in [0.25, 0.3) is 0 Å². The second kappa shape index (κ2) is 5.03. The van der Waals surface area contributed by atoms with Crippen molar-refractivity contribution in [1.29, 1.82) is 0 Å². The Morgan fingerprint density at radius 1 is 1.21 bits per heavy atom. The lowest BCUT2D eigenvalue weighted by Crippen LogP contribution is -2.11. The second-order valence-corrected chi connectivity index (χ2v) is 4.90. The Balaban J connectivity index is 1.88. The van der Waals surface area contributed by atoms with Gasteiger partial charge >= 0.3 is 0 Å². The van der Waals surface area contributed by atoms with Crippen LogP contribution in [0.5, 0.6) is 0 Å². The van der Waals surface area contributed by atoms with Crippen molar-refractivity contribution in [3.05, 3.63) is 40.5 Å². The Morgan fingerprint density at radius 2 is 2.05 bits per heavy atom. The van der Waals surface area contributed by atoms with E-state index < -0.39 is 0 Å². The van der Waals surface area contributed by atoms with Crippen molar-refractivity contribution in [2.45, 2.75) is 19.3 Å². The van der Waals surface area contributed by atoms with E-state index in [1.165, 1.54) is 30.2 Å². The summed E-state index contributed by atoms with van der Waals surface area (Å²) in [5.41, 5.74) is 6.21. The van der Waals surface area contributed by atoms with Crippen molar-refractivity contribution in [2.24, 2.45) is 5.84 Å². The Bertz CT molecular complexity index is 614. The molecule has 0 saturated carbocycles. The molecular formula is C13H14ClN5. The molecule has 1 aliphatic rings. The van der Waals surface area contributed by atoms with Crippen LogP contribution in [0.15, 0.2) is 24.4 Å². The van der Waals surface area contributed by atoms with E-state index in [9.17, 15) is 0 Å². The highest BCUT2D eigenvalue weighted by atomic mass is 35.5. The van der Waals surface area contributed by atoms with Gasteiger partial charge in [-0.05, 0) is 42.5 Å². The summed E-state index contributed by atoms with van der Waals surface area (Å²) >= 11 is 6.06. The number of nitrogen functional groups attached to an aromatic ring is 1. The zero-order valence-corrected chi connectivity index (χ0v) is 11.0. The number of hydrogen-bond donors (Lipinski definition) is 3. The number of aromatic nitrogens is 2. The minimum Gasteiger partial charge on any atom is -0.339 e. The summed E-state index contributed by atoms with van der Waals surface area (Å²) in [7, 11) is 0. The number of halogens is 1. The quantitative estimate of drug-likeness (QED) is 0.593. The lowest BCUT2D eigenvalue weighted by atomic mass is 10.1. The molecule has 6 heteroatoms. The minimum atomic E-state index is 0.327. The zero-order valence-electron chi connectivity index (χ0n) is 10.3. The Labute approximate surface area is 116 Å². The van der Waals surface area contributed by atoms with Crippen LogP contribution in [0.3, 0.4) is 0 Å². The van der Waals surface area contributed by atoms with E-state index in [2.05, 4.69) is 32.8 Å². The molecule has 0 radical (unpaired) electrons. The summed E-state index contributed by atoms with van der Waals surface area (Å²) in [5, 5.41) is 3.66. The van der Waals surface area contributed by atoms with Gasteiger partial charge in [0.1, 0.15) is 5.02 Å². The number of nitrogens with two attached hydrogens (primary N) is 1. The van der Waals surface area contributed by atoms with Crippen molar-refractivity contribution in [1.82, 2.24) is 9.97 Å². The van der Waals surface area contributed by atoms with Crippen molar-refractivity contribution in [2.75, 3.05) is 10.7 Å². The van der Waals surface area contributed by atoms with Crippen molar-refractivity contribution < 1.29 is 0 Å². The number of hydrogen-bond acceptors (Lipinski definition) is 5. The highest BCUT2D eigenvalue weighted by molar-refractivity contribution is 6.32. The molecule has 98 valence electrons. The number of aryl methyl sites for hydroxylation is 2. The molecule has 2 aromatic rings. The fourth-order valence-electron chi connectivity index (χ4n) is 2.31. The summed E-state index contributed by atoms with van der Waals surface area (Å²) in [5.74, 6) is 6.16. The van der Waals surface area contributed by atoms with Gasteiger partial charge in [-0.2, -0.15) is 4.98 Å². The van der Waals surface area contributed by atoms with Crippen LogP contribution in [-0.4, -0.2) is 9.97 Å². The number of anilines is 3. The molecule has 0 unspecified atom stereocenters. The molecule has 0 spiro atoms. The van der Waals surface area contributed by atoms with Crippen LogP contribution in [0.1, 0.15) is 17.5 Å². The summed E-state index contributed by atoms with van der Waals surface area (Å²) in [4.78, 5) is 8.13. The molecule has 0 saturated heterocycles. The van der Waals surface area contributed by atoms with Gasteiger partial charge in [-0.1, -0.05) is 17.7 Å². The van der Waals surface area contributed by atoms with Crippen LogP contribution in [0, 0.1) is 0 Å². The molecule has 0 aliphatic heterocycles. The van der Waals surface area contributed by atoms with E-state index >= 15 is 0 Å². The van der Waals surface area contributed by atoms with E-state index in [1.54, 1.807) is 0 Å². The largest absolute Gasteiger partial charge is 0.339 e. The molecule has 1 aromatic heterocycles. The lowest BCUT2D eigenvalue weighted by molar-refractivity contribution is 0.912. The molecule has 0 amide bonds. The third kappa shape index (κ3) is 2.47. The highest BCUT2D eigenvalue weighted by Gasteiger charge is 2.12. The van der Waals surface area contributed by atoms with Gasteiger partial charge in [-0.3, -0.25) is 5.43 Å². The molecular weight excluding hydrogens is 262 g/mol. The number of benzene rings is 1. The van der Waals surface area contributed by atoms with Gasteiger partial charge in [0, 0.05) is 5.69 Å². The average Bonchev–Trinajstić information content (AvgIpc) is 2.89. The van der Waals surface area contributed by atoms with E-state index in [1.807, 2.05) is 6.07 Å². The third-order valence-corrected chi connectivity index (χ3v) is 3.51. The maximum absolute atomic E-state index is 6.06. The fraction of sp³-hybridized carbons (Fsp3) is 0.231. The SMILES string of the molecule is NNc1ncc(Cl)c(Nc2ccc3c(c2)CCC3)n1. The topological polar surface area (TPSA) is 75.9 Å². The molecule has 0 fully saturated rings. The second-order valence-electron chi connectivity index (χ2n) is 4.50. The monoisotopic (exact) mass is 275 g/mol. The number of nitrogens with one attached hydrogen (secondary N) is 2. The number of rotatable bonds is 3. The number of hydrazine groups is 1. The maximum Gasteiger partial charge on any atom is 0.239 e. The van der Waals surface area contributed by atoms with Gasteiger partial charge < -0.3 is 5.32 Å². The van der Waals surface area contributed by atoms with Crippen molar-refractivity contribution >= 4 is 29.1 Å². The highest BCUT2D eigenvalue weighted by Crippen LogP contribution is 2.28. The molecule has 0 atom stereocenters. The summed E-state index contributed by atoms with van der Waals surface area (Å²) in [6.07, 6.45) is 5.05. The van der Waals surface area contributed by atoms with Crippen LogP contribution in [0.2, 0.25) is 5.02 Å². The van der Waals surface area contributed by atoms with Crippen molar-refractivity contribution in [3.63, 3.8) is 0 Å². The van der Waals surface area contributed by atoms with E-state index in [0.717, 1.165) is 12.1 Å². The van der Waals surface area contributed by atoms with Crippen LogP contribution < -0.4 is 16.6 Å². The Morgan fingerprint density at radius 3 is 2.89 bits per heavy atom. The maximum atomic E-state index is 6.06. The molecule has 1 aromatic carbocycles. The molecule has 4 N–H and O–H groups in total. The molecule has 3 rings (SSSR count). The first-order valence-electron chi connectivity index (χ1n) is 6.14. The molecule has 19 heavy (non-hydrogen) atoms. The minimum absolute atomic E-state index is 0.327. The smallest absolute Gasteiger partial charge is 0.239 e. The zero-order chi connectivity index (χ0) is 13.2. The van der Waals surface area contributed by atoms with Crippen LogP contribution in [-0.2, 0) is 12.8 Å². The van der Waals surface area contributed by atoms with E-state index in [0.29, 0.717) is 16.8 Å². The predicted molar refractivity (Wildman–Crippen MR) is 76.6 cm³/mol. The Hall–Kier alpha value is -1.85. The molecule has 5 nitrogen and oxygen atoms in total. The third-order valence-electron chi connectivity index (χ3n) is 3.23. The summed E-state index contributed by atoms with van der Waals surface area (Å²) in [6.45, 7) is 0. The van der Waals surface area contributed by atoms with Gasteiger partial charge in [0.15, 0.2) is 5.82 Å². The first kappa shape index (κ1) is 12.2. The molecule has 1 heterocycles. The number of fused-ring (bicyclic) bond motifs is 1. The predicted octanol–water partition coefficient (Wildman–Crippen LogP) is 2.65. The van der Waals surface area contributed by atoms with Crippen LogP contribution >= 0.6 is 11.6 Å². The first-order valence-corrected chi connectivity index (χ1v) is 6.52. The molecule has 1 aliphatic carbocycles. The van der Waals surface area contributed by atoms with Gasteiger partial charge in [-0.15, -0.1) is 0 Å². The molecule has 0 bridgehead atoms.